The molecule has 3 rings (SSSR count). The van der Waals surface area contributed by atoms with Crippen LogP contribution in [-0.4, -0.2) is 49.7 Å². The quantitative estimate of drug-likeness (QED) is 0.900. The Kier molecular flexibility index (Phi) is 4.15. The predicted molar refractivity (Wildman–Crippen MR) is 85.1 cm³/mol. The van der Waals surface area contributed by atoms with Gasteiger partial charge < -0.3 is 10.2 Å². The van der Waals surface area contributed by atoms with E-state index in [1.54, 1.807) is 0 Å². The van der Waals surface area contributed by atoms with E-state index in [1.165, 1.54) is 11.1 Å². The molecule has 0 bridgehead atoms. The van der Waals surface area contributed by atoms with E-state index in [0.717, 1.165) is 38.3 Å². The Bertz CT molecular complexity index is 568. The van der Waals surface area contributed by atoms with Gasteiger partial charge >= 0.3 is 0 Å². The van der Waals surface area contributed by atoms with E-state index < -0.39 is 0 Å². The minimum atomic E-state index is 0.136. The summed E-state index contributed by atoms with van der Waals surface area (Å²) in [6.07, 6.45) is 4.15. The molecule has 1 N–H and O–H groups in total. The fourth-order valence-electron chi connectivity index (χ4n) is 2.85. The first-order chi connectivity index (χ1) is 10.2. The van der Waals surface area contributed by atoms with Crippen molar-refractivity contribution in [2.75, 3.05) is 32.7 Å². The maximum absolute atomic E-state index is 12.4. The summed E-state index contributed by atoms with van der Waals surface area (Å²) in [5.74, 6) is 0.467. The van der Waals surface area contributed by atoms with E-state index in [2.05, 4.69) is 35.4 Å². The lowest BCUT2D eigenvalue weighted by Gasteiger charge is -2.27. The Labute approximate surface area is 125 Å². The van der Waals surface area contributed by atoms with Gasteiger partial charge in [-0.15, -0.1) is 0 Å². The van der Waals surface area contributed by atoms with Crippen LogP contribution in [0.5, 0.6) is 0 Å². The van der Waals surface area contributed by atoms with Crippen LogP contribution in [0.3, 0.4) is 0 Å². The molecule has 0 aliphatic carbocycles. The molecule has 1 atom stereocenters. The largest absolute Gasteiger partial charge is 0.336 e. The van der Waals surface area contributed by atoms with Crippen LogP contribution in [-0.2, 0) is 0 Å². The van der Waals surface area contributed by atoms with E-state index >= 15 is 0 Å². The molecule has 110 valence electrons. The van der Waals surface area contributed by atoms with Gasteiger partial charge in [-0.3, -0.25) is 9.79 Å². The molecule has 4 nitrogen and oxygen atoms in total. The summed E-state index contributed by atoms with van der Waals surface area (Å²) < 4.78 is 0. The van der Waals surface area contributed by atoms with E-state index in [1.807, 2.05) is 23.2 Å². The molecular weight excluding hydrogens is 262 g/mol. The molecule has 2 aliphatic rings. The van der Waals surface area contributed by atoms with Crippen molar-refractivity contribution in [1.82, 2.24) is 10.2 Å². The number of carbonyl (C=O) groups excluding carboxylic acids is 1. The van der Waals surface area contributed by atoms with E-state index in [4.69, 9.17) is 0 Å². The lowest BCUT2D eigenvalue weighted by molar-refractivity contribution is 0.0736. The van der Waals surface area contributed by atoms with Gasteiger partial charge in [0.05, 0.1) is 0 Å². The highest BCUT2D eigenvalue weighted by atomic mass is 16.2. The number of amides is 1. The maximum atomic E-state index is 12.4. The first kappa shape index (κ1) is 14.0. The molecule has 21 heavy (non-hydrogen) atoms. The third kappa shape index (κ3) is 3.22. The number of carbonyl (C=O) groups is 1. The molecule has 0 spiro atoms. The van der Waals surface area contributed by atoms with Crippen LogP contribution in [0.1, 0.15) is 28.8 Å². The molecule has 1 aromatic rings. The number of dihydropyridines is 1. The highest BCUT2D eigenvalue weighted by Crippen LogP contribution is 2.22. The summed E-state index contributed by atoms with van der Waals surface area (Å²) in [5, 5.41) is 3.26. The minimum Gasteiger partial charge on any atom is -0.336 e. The SMILES string of the molecule is CC1=CC(c2ccc(C(=O)N3CCNCC3)cc2)CN=C1. The van der Waals surface area contributed by atoms with Crippen LogP contribution in [0.15, 0.2) is 40.9 Å². The highest BCUT2D eigenvalue weighted by molar-refractivity contribution is 5.94. The van der Waals surface area contributed by atoms with Crippen LogP contribution in [0, 0.1) is 0 Å². The zero-order chi connectivity index (χ0) is 14.7. The number of benzene rings is 1. The summed E-state index contributed by atoms with van der Waals surface area (Å²) >= 11 is 0. The third-order valence-electron chi connectivity index (χ3n) is 4.05. The smallest absolute Gasteiger partial charge is 0.253 e. The van der Waals surface area contributed by atoms with E-state index in [-0.39, 0.29) is 5.91 Å². The van der Waals surface area contributed by atoms with Gasteiger partial charge in [0.1, 0.15) is 0 Å². The summed E-state index contributed by atoms with van der Waals surface area (Å²) in [6, 6.07) is 8.01. The van der Waals surface area contributed by atoms with Crippen molar-refractivity contribution in [3.05, 3.63) is 47.0 Å². The first-order valence-corrected chi connectivity index (χ1v) is 7.52. The van der Waals surface area contributed by atoms with Crippen molar-refractivity contribution >= 4 is 12.1 Å². The van der Waals surface area contributed by atoms with Crippen LogP contribution < -0.4 is 5.32 Å². The van der Waals surface area contributed by atoms with E-state index in [9.17, 15) is 4.79 Å². The lowest BCUT2D eigenvalue weighted by atomic mass is 9.94. The molecule has 2 heterocycles. The standard InChI is InChI=1S/C17H21N3O/c1-13-10-16(12-19-11-13)14-2-4-15(5-3-14)17(21)20-8-6-18-7-9-20/h2-5,10-11,16,18H,6-9,12H2,1H3. The Hall–Kier alpha value is -1.94. The highest BCUT2D eigenvalue weighted by Gasteiger charge is 2.18. The van der Waals surface area contributed by atoms with Crippen molar-refractivity contribution in [3.8, 4) is 0 Å². The van der Waals surface area contributed by atoms with Crippen molar-refractivity contribution in [2.24, 2.45) is 4.99 Å². The maximum Gasteiger partial charge on any atom is 0.253 e. The zero-order valence-corrected chi connectivity index (χ0v) is 12.4. The molecular formula is C17H21N3O. The van der Waals surface area contributed by atoms with Gasteiger partial charge in [0, 0.05) is 50.4 Å². The molecule has 1 unspecified atom stereocenters. The third-order valence-corrected chi connectivity index (χ3v) is 4.05. The molecule has 1 fully saturated rings. The number of hydrogen-bond donors (Lipinski definition) is 1. The van der Waals surface area contributed by atoms with Gasteiger partial charge in [-0.25, -0.2) is 0 Å². The second kappa shape index (κ2) is 6.22. The molecule has 1 amide bonds. The summed E-state index contributed by atoms with van der Waals surface area (Å²) in [4.78, 5) is 18.7. The topological polar surface area (TPSA) is 44.7 Å². The zero-order valence-electron chi connectivity index (χ0n) is 12.4. The Morgan fingerprint density at radius 3 is 2.62 bits per heavy atom. The first-order valence-electron chi connectivity index (χ1n) is 7.52. The van der Waals surface area contributed by atoms with E-state index in [0.29, 0.717) is 5.92 Å². The fourth-order valence-corrected chi connectivity index (χ4v) is 2.85. The summed E-state index contributed by atoms with van der Waals surface area (Å²) in [5.41, 5.74) is 3.20. The molecule has 0 radical (unpaired) electrons. The van der Waals surface area contributed by atoms with Crippen molar-refractivity contribution in [2.45, 2.75) is 12.8 Å². The Morgan fingerprint density at radius 1 is 1.24 bits per heavy atom. The number of nitrogens with one attached hydrogen (secondary N) is 1. The molecule has 0 saturated carbocycles. The van der Waals surface area contributed by atoms with Crippen LogP contribution >= 0.6 is 0 Å². The number of aliphatic imine (C=N–C) groups is 1. The summed E-state index contributed by atoms with van der Waals surface area (Å²) in [7, 11) is 0. The normalized spacial score (nSPS) is 22.0. The molecule has 4 heteroatoms. The minimum absolute atomic E-state index is 0.136. The van der Waals surface area contributed by atoms with Gasteiger partial charge in [-0.05, 0) is 30.2 Å². The molecule has 2 aliphatic heterocycles. The summed E-state index contributed by atoms with van der Waals surface area (Å²) in [6.45, 7) is 6.21. The average Bonchev–Trinajstić information content (AvgIpc) is 2.55. The van der Waals surface area contributed by atoms with Crippen LogP contribution in [0.4, 0.5) is 0 Å². The van der Waals surface area contributed by atoms with Gasteiger partial charge in [-0.1, -0.05) is 18.2 Å². The van der Waals surface area contributed by atoms with Gasteiger partial charge in [0.15, 0.2) is 0 Å². The Morgan fingerprint density at radius 2 is 1.95 bits per heavy atom. The number of nitrogens with zero attached hydrogens (tertiary/aromatic N) is 2. The lowest BCUT2D eigenvalue weighted by Crippen LogP contribution is -2.46. The monoisotopic (exact) mass is 283 g/mol. The predicted octanol–water partition coefficient (Wildman–Crippen LogP) is 1.85. The van der Waals surface area contributed by atoms with Gasteiger partial charge in [0.25, 0.3) is 5.91 Å². The van der Waals surface area contributed by atoms with Crippen LogP contribution in [0.2, 0.25) is 0 Å². The number of allylic oxidation sites excluding steroid dienone is 1. The molecule has 1 aromatic carbocycles. The average molecular weight is 283 g/mol. The number of rotatable bonds is 2. The molecule has 1 saturated heterocycles. The van der Waals surface area contributed by atoms with Crippen molar-refractivity contribution < 1.29 is 4.79 Å². The second-order valence-electron chi connectivity index (χ2n) is 5.68. The van der Waals surface area contributed by atoms with Crippen molar-refractivity contribution in [3.63, 3.8) is 0 Å². The van der Waals surface area contributed by atoms with Crippen LogP contribution in [0.25, 0.3) is 0 Å². The fraction of sp³-hybridized carbons (Fsp3) is 0.412. The Balaban J connectivity index is 1.72. The number of piperazine rings is 1. The van der Waals surface area contributed by atoms with Gasteiger partial charge in [0.2, 0.25) is 0 Å². The second-order valence-corrected chi connectivity index (χ2v) is 5.68. The number of hydrogen-bond acceptors (Lipinski definition) is 3. The molecule has 0 aromatic heterocycles. The van der Waals surface area contributed by atoms with Gasteiger partial charge in [-0.2, -0.15) is 0 Å². The van der Waals surface area contributed by atoms with Crippen molar-refractivity contribution in [1.29, 1.82) is 0 Å².